The van der Waals surface area contributed by atoms with Gasteiger partial charge in [-0.2, -0.15) is 0 Å². The zero-order chi connectivity index (χ0) is 23.9. The number of hydrogen-bond acceptors (Lipinski definition) is 6. The number of aromatic nitrogens is 3. The summed E-state index contributed by atoms with van der Waals surface area (Å²) in [6.07, 6.45) is -0.919. The number of esters is 1. The van der Waals surface area contributed by atoms with Gasteiger partial charge in [-0.25, -0.2) is 4.90 Å². The van der Waals surface area contributed by atoms with E-state index in [0.29, 0.717) is 32.7 Å². The van der Waals surface area contributed by atoms with E-state index >= 15 is 0 Å². The van der Waals surface area contributed by atoms with Crippen molar-refractivity contribution in [2.45, 2.75) is 32.1 Å². The van der Waals surface area contributed by atoms with Gasteiger partial charge in [-0.15, -0.1) is 0 Å². The smallest absolute Gasteiger partial charge is 0.325 e. The first-order valence-electron chi connectivity index (χ1n) is 9.97. The predicted octanol–water partition coefficient (Wildman–Crippen LogP) is 4.09. The largest absolute Gasteiger partial charge is 0.426 e. The van der Waals surface area contributed by atoms with Crippen LogP contribution in [-0.2, 0) is 9.59 Å². The van der Waals surface area contributed by atoms with Gasteiger partial charge in [0.25, 0.3) is 6.17 Å². The first-order valence-corrected chi connectivity index (χ1v) is 12.1. The number of thioether (sulfide) groups is 1. The average Bonchev–Trinajstić information content (AvgIpc) is 2.73. The zero-order valence-electron chi connectivity index (χ0n) is 17.9. The number of anilines is 1. The van der Waals surface area contributed by atoms with Gasteiger partial charge in [0, 0.05) is 28.4 Å². The minimum atomic E-state index is -0.919. The maximum Gasteiger partial charge on any atom is 0.325 e. The summed E-state index contributed by atoms with van der Waals surface area (Å²) >= 11 is 11.1. The van der Waals surface area contributed by atoms with E-state index in [0.717, 1.165) is 4.47 Å². The topological polar surface area (TPSA) is 96.2 Å². The van der Waals surface area contributed by atoms with Crippen LogP contribution in [-0.4, -0.2) is 27.7 Å². The van der Waals surface area contributed by atoms with E-state index in [1.54, 1.807) is 36.4 Å². The molecule has 11 heteroatoms. The number of rotatable bonds is 4. The first kappa shape index (κ1) is 23.5. The molecule has 0 saturated carbocycles. The van der Waals surface area contributed by atoms with Gasteiger partial charge in [-0.3, -0.25) is 19.4 Å². The summed E-state index contributed by atoms with van der Waals surface area (Å²) in [5, 5.41) is 5.44. The molecule has 1 aliphatic heterocycles. The Morgan fingerprint density at radius 2 is 2.03 bits per heavy atom. The number of H-pyrrole nitrogens is 1. The number of ether oxygens (including phenoxy) is 1. The fourth-order valence-corrected chi connectivity index (χ4v) is 4.91. The number of carbonyl (C=O) groups is 2. The fourth-order valence-electron chi connectivity index (χ4n) is 3.79. The Morgan fingerprint density at radius 3 is 2.70 bits per heavy atom. The van der Waals surface area contributed by atoms with Gasteiger partial charge < -0.3 is 4.74 Å². The molecule has 1 aliphatic rings. The minimum Gasteiger partial charge on any atom is -0.426 e. The first-order chi connectivity index (χ1) is 15.7. The number of hydrogen-bond donors (Lipinski definition) is 1. The van der Waals surface area contributed by atoms with Gasteiger partial charge in [0.1, 0.15) is 5.75 Å². The molecule has 0 bridgehead atoms. The Hall–Kier alpha value is -2.69. The van der Waals surface area contributed by atoms with Crippen LogP contribution in [0.15, 0.2) is 50.8 Å². The van der Waals surface area contributed by atoms with Crippen molar-refractivity contribution in [2.75, 3.05) is 10.7 Å². The monoisotopic (exact) mass is 549 g/mol. The van der Waals surface area contributed by atoms with Crippen LogP contribution in [0.2, 0.25) is 5.02 Å². The molecule has 0 spiro atoms. The third-order valence-corrected chi connectivity index (χ3v) is 6.41. The van der Waals surface area contributed by atoms with E-state index in [-0.39, 0.29) is 22.9 Å². The molecule has 0 unspecified atom stereocenters. The number of fused-ring (bicyclic) bond motifs is 3. The highest BCUT2D eigenvalue weighted by Gasteiger charge is 2.46. The Kier molecular flexibility index (Phi) is 6.60. The van der Waals surface area contributed by atoms with Crippen molar-refractivity contribution < 1.29 is 19.0 Å². The Balaban J connectivity index is 2.11. The van der Waals surface area contributed by atoms with Gasteiger partial charge in [-0.05, 0) is 46.8 Å². The third-order valence-electron chi connectivity index (χ3n) is 4.94. The molecule has 1 amide bonds. The van der Waals surface area contributed by atoms with E-state index < -0.39 is 12.1 Å². The van der Waals surface area contributed by atoms with E-state index in [2.05, 4.69) is 26.0 Å². The molecule has 33 heavy (non-hydrogen) atoms. The summed E-state index contributed by atoms with van der Waals surface area (Å²) in [7, 11) is 0. The molecular weight excluding hydrogens is 532 g/mol. The molecule has 0 saturated heterocycles. The van der Waals surface area contributed by atoms with Crippen LogP contribution < -0.4 is 19.9 Å². The number of nitrogens with zero attached hydrogens (tertiary/aromatic N) is 3. The highest BCUT2D eigenvalue weighted by molar-refractivity contribution is 9.10. The molecule has 2 aromatic carbocycles. The second-order valence-electron chi connectivity index (χ2n) is 7.19. The van der Waals surface area contributed by atoms with Crippen molar-refractivity contribution in [3.63, 3.8) is 0 Å². The fraction of sp³-hybridized carbons (Fsp3) is 0.227. The highest BCUT2D eigenvalue weighted by atomic mass is 79.9. The molecule has 1 atom stereocenters. The zero-order valence-corrected chi connectivity index (χ0v) is 21.0. The lowest BCUT2D eigenvalue weighted by Gasteiger charge is -2.32. The van der Waals surface area contributed by atoms with Crippen molar-refractivity contribution in [3.8, 4) is 17.0 Å². The SMILES string of the molecule is CCSc1n[n+]2c(c(=O)[nH]1)-c1cc(Br)ccc1N(C(C)=O)[C@@H]2c1cc(Cl)ccc1OC(C)=O. The van der Waals surface area contributed by atoms with E-state index in [4.69, 9.17) is 16.3 Å². The number of nitrogens with one attached hydrogen (secondary N) is 1. The summed E-state index contributed by atoms with van der Waals surface area (Å²) < 4.78 is 7.67. The molecule has 3 aromatic rings. The Bertz CT molecular complexity index is 1350. The molecule has 1 N–H and O–H groups in total. The molecule has 4 rings (SSSR count). The maximum atomic E-state index is 13.3. The van der Waals surface area contributed by atoms with Crippen LogP contribution in [0.4, 0.5) is 5.69 Å². The number of benzene rings is 2. The normalized spacial score (nSPS) is 14.5. The van der Waals surface area contributed by atoms with Gasteiger partial charge in [0.05, 0.1) is 16.8 Å². The Labute approximate surface area is 207 Å². The summed E-state index contributed by atoms with van der Waals surface area (Å²) in [5.74, 6) is 0.0806. The van der Waals surface area contributed by atoms with Gasteiger partial charge in [0.15, 0.2) is 0 Å². The number of halogens is 2. The van der Waals surface area contributed by atoms with Gasteiger partial charge >= 0.3 is 17.2 Å². The Morgan fingerprint density at radius 1 is 1.27 bits per heavy atom. The minimum absolute atomic E-state index is 0.217. The lowest BCUT2D eigenvalue weighted by atomic mass is 10.0. The number of amides is 1. The lowest BCUT2D eigenvalue weighted by molar-refractivity contribution is -0.763. The molecule has 0 fully saturated rings. The lowest BCUT2D eigenvalue weighted by Crippen LogP contribution is -2.60. The molecule has 1 aromatic heterocycles. The highest BCUT2D eigenvalue weighted by Crippen LogP contribution is 2.41. The standard InChI is InChI=1S/C22H18BrClN4O4S/c1-4-33-22-25-20(31)19-15-9-13(23)5-7-17(15)27(11(2)29)21(28(19)26-22)16-10-14(24)6-8-18(16)32-12(3)30/h5-10,21H,4H2,1-3H3/p+1/t21-/m0/s1. The summed E-state index contributed by atoms with van der Waals surface area (Å²) in [6.45, 7) is 4.65. The van der Waals surface area contributed by atoms with E-state index in [9.17, 15) is 14.4 Å². The second-order valence-corrected chi connectivity index (χ2v) is 9.79. The van der Waals surface area contributed by atoms with Gasteiger partial charge in [0.2, 0.25) is 11.1 Å². The van der Waals surface area contributed by atoms with Crippen molar-refractivity contribution in [2.24, 2.45) is 0 Å². The van der Waals surface area contributed by atoms with Crippen LogP contribution in [0.5, 0.6) is 5.75 Å². The van der Waals surface area contributed by atoms with Crippen molar-refractivity contribution in [3.05, 3.63) is 61.8 Å². The van der Waals surface area contributed by atoms with Crippen LogP contribution in [0.25, 0.3) is 11.3 Å². The molecule has 0 radical (unpaired) electrons. The molecular formula is C22H19BrClN4O4S+. The van der Waals surface area contributed by atoms with E-state index in [1.807, 2.05) is 6.92 Å². The summed E-state index contributed by atoms with van der Waals surface area (Å²) in [4.78, 5) is 42.4. The molecule has 2 heterocycles. The number of aromatic amines is 1. The summed E-state index contributed by atoms with van der Waals surface area (Å²) in [6, 6.07) is 10.1. The number of carbonyl (C=O) groups excluding carboxylic acids is 2. The van der Waals surface area contributed by atoms with Crippen molar-refractivity contribution in [1.29, 1.82) is 0 Å². The quantitative estimate of drug-likeness (QED) is 0.228. The molecule has 0 aliphatic carbocycles. The molecule has 8 nitrogen and oxygen atoms in total. The van der Waals surface area contributed by atoms with Crippen molar-refractivity contribution >= 4 is 56.9 Å². The summed E-state index contributed by atoms with van der Waals surface area (Å²) in [5.41, 5.74) is 1.38. The maximum absolute atomic E-state index is 13.3. The van der Waals surface area contributed by atoms with Crippen LogP contribution in [0.1, 0.15) is 32.5 Å². The van der Waals surface area contributed by atoms with Gasteiger partial charge in [-0.1, -0.05) is 46.2 Å². The third kappa shape index (κ3) is 4.42. The average molecular weight is 551 g/mol. The van der Waals surface area contributed by atoms with Crippen LogP contribution in [0, 0.1) is 0 Å². The van der Waals surface area contributed by atoms with Crippen molar-refractivity contribution in [1.82, 2.24) is 10.1 Å². The van der Waals surface area contributed by atoms with E-state index in [1.165, 1.54) is 35.2 Å². The molecule has 170 valence electrons. The van der Waals surface area contributed by atoms with Crippen LogP contribution in [0.3, 0.4) is 0 Å². The van der Waals surface area contributed by atoms with Crippen LogP contribution >= 0.6 is 39.3 Å². The predicted molar refractivity (Wildman–Crippen MR) is 129 cm³/mol. The second kappa shape index (κ2) is 9.28.